The molecule has 1 aliphatic heterocycles. The van der Waals surface area contributed by atoms with Crippen LogP contribution in [0.1, 0.15) is 49.0 Å². The molecule has 0 saturated carbocycles. The molecule has 1 saturated heterocycles. The van der Waals surface area contributed by atoms with Gasteiger partial charge >= 0.3 is 5.97 Å². The van der Waals surface area contributed by atoms with Crippen LogP contribution in [0.4, 0.5) is 5.69 Å². The minimum absolute atomic E-state index is 0.0176. The number of hydrogen-bond acceptors (Lipinski definition) is 6. The fraction of sp³-hybridized carbons (Fsp3) is 0.423. The highest BCUT2D eigenvalue weighted by Crippen LogP contribution is 2.24. The van der Waals surface area contributed by atoms with Gasteiger partial charge in [0, 0.05) is 23.3 Å². The third-order valence-electron chi connectivity index (χ3n) is 5.99. The van der Waals surface area contributed by atoms with Crippen LogP contribution in [0, 0.1) is 6.92 Å². The number of hydrogen-bond donors (Lipinski definition) is 1. The van der Waals surface area contributed by atoms with E-state index < -0.39 is 5.97 Å². The standard InChI is InChI=1S/C26H32N2O6/c1-17-14-22(34-16-25(30)32-4)12-13-23(17)27-26(31)20-8-10-21(11-9-20)33-15-24(29)28-18(2)6-5-7-19(28)3/h8-14,18-19H,5-7,15-16H2,1-4H3,(H,27,31). The maximum atomic E-state index is 12.7. The molecule has 34 heavy (non-hydrogen) atoms. The molecular weight excluding hydrogens is 436 g/mol. The highest BCUT2D eigenvalue weighted by Gasteiger charge is 2.29. The third kappa shape index (κ3) is 6.50. The number of nitrogens with one attached hydrogen (secondary N) is 1. The molecule has 2 amide bonds. The van der Waals surface area contributed by atoms with Crippen molar-refractivity contribution in [1.82, 2.24) is 4.90 Å². The Hall–Kier alpha value is -3.55. The van der Waals surface area contributed by atoms with Gasteiger partial charge in [0.05, 0.1) is 7.11 Å². The minimum Gasteiger partial charge on any atom is -0.484 e. The Labute approximate surface area is 200 Å². The third-order valence-corrected chi connectivity index (χ3v) is 5.99. The first-order valence-electron chi connectivity index (χ1n) is 11.4. The Kier molecular flexibility index (Phi) is 8.51. The maximum absolute atomic E-state index is 12.7. The first-order chi connectivity index (χ1) is 16.3. The van der Waals surface area contributed by atoms with E-state index in [2.05, 4.69) is 23.9 Å². The molecule has 1 aliphatic rings. The van der Waals surface area contributed by atoms with Crippen molar-refractivity contribution in [2.24, 2.45) is 0 Å². The van der Waals surface area contributed by atoms with Gasteiger partial charge in [-0.25, -0.2) is 4.79 Å². The van der Waals surface area contributed by atoms with Crippen molar-refractivity contribution in [2.45, 2.75) is 52.1 Å². The van der Waals surface area contributed by atoms with Crippen LogP contribution in [0.25, 0.3) is 0 Å². The van der Waals surface area contributed by atoms with Gasteiger partial charge in [-0.05, 0) is 88.1 Å². The Morgan fingerprint density at radius 1 is 0.941 bits per heavy atom. The zero-order chi connectivity index (χ0) is 24.7. The second-order valence-corrected chi connectivity index (χ2v) is 8.54. The summed E-state index contributed by atoms with van der Waals surface area (Å²) in [6.07, 6.45) is 3.18. The summed E-state index contributed by atoms with van der Waals surface area (Å²) in [6, 6.07) is 12.2. The van der Waals surface area contributed by atoms with Gasteiger partial charge < -0.3 is 24.4 Å². The van der Waals surface area contributed by atoms with Gasteiger partial charge in [0.1, 0.15) is 11.5 Å². The normalized spacial score (nSPS) is 17.6. The lowest BCUT2D eigenvalue weighted by Gasteiger charge is -2.38. The molecule has 0 spiro atoms. The molecular formula is C26H32N2O6. The summed E-state index contributed by atoms with van der Waals surface area (Å²) in [5.41, 5.74) is 1.88. The highest BCUT2D eigenvalue weighted by atomic mass is 16.6. The average Bonchev–Trinajstić information content (AvgIpc) is 2.82. The zero-order valence-corrected chi connectivity index (χ0v) is 20.1. The molecule has 8 heteroatoms. The van der Waals surface area contributed by atoms with E-state index in [1.54, 1.807) is 42.5 Å². The summed E-state index contributed by atoms with van der Waals surface area (Å²) in [6.45, 7) is 5.78. The van der Waals surface area contributed by atoms with Gasteiger partial charge in [-0.15, -0.1) is 0 Å². The molecule has 1 N–H and O–H groups in total. The van der Waals surface area contributed by atoms with Crippen LogP contribution in [0.2, 0.25) is 0 Å². The van der Waals surface area contributed by atoms with Crippen molar-refractivity contribution in [2.75, 3.05) is 25.6 Å². The van der Waals surface area contributed by atoms with Gasteiger partial charge in [-0.1, -0.05) is 0 Å². The number of rotatable bonds is 8. The molecule has 0 radical (unpaired) electrons. The quantitative estimate of drug-likeness (QED) is 0.589. The molecule has 0 aromatic heterocycles. The number of esters is 1. The summed E-state index contributed by atoms with van der Waals surface area (Å²) in [5, 5.41) is 2.86. The van der Waals surface area contributed by atoms with Crippen molar-refractivity contribution in [3.8, 4) is 11.5 Å². The van der Waals surface area contributed by atoms with Crippen LogP contribution in [0.3, 0.4) is 0 Å². The topological polar surface area (TPSA) is 94.2 Å². The van der Waals surface area contributed by atoms with E-state index in [0.29, 0.717) is 22.7 Å². The summed E-state index contributed by atoms with van der Waals surface area (Å²) < 4.78 is 15.6. The van der Waals surface area contributed by atoms with Crippen molar-refractivity contribution < 1.29 is 28.6 Å². The second-order valence-electron chi connectivity index (χ2n) is 8.54. The number of amides is 2. The van der Waals surface area contributed by atoms with Crippen molar-refractivity contribution >= 4 is 23.5 Å². The number of anilines is 1. The monoisotopic (exact) mass is 468 g/mol. The number of benzene rings is 2. The molecule has 182 valence electrons. The first-order valence-corrected chi connectivity index (χ1v) is 11.4. The number of nitrogens with zero attached hydrogens (tertiary/aromatic N) is 1. The number of likely N-dealkylation sites (tertiary alicyclic amines) is 1. The average molecular weight is 469 g/mol. The maximum Gasteiger partial charge on any atom is 0.343 e. The number of aryl methyl sites for hydroxylation is 1. The number of carbonyl (C=O) groups is 3. The van der Waals surface area contributed by atoms with E-state index in [4.69, 9.17) is 9.47 Å². The van der Waals surface area contributed by atoms with Crippen LogP contribution >= 0.6 is 0 Å². The van der Waals surface area contributed by atoms with Crippen molar-refractivity contribution in [3.05, 3.63) is 53.6 Å². The molecule has 2 aromatic rings. The molecule has 0 aliphatic carbocycles. The Morgan fingerprint density at radius 2 is 1.56 bits per heavy atom. The molecule has 2 atom stereocenters. The van der Waals surface area contributed by atoms with Gasteiger partial charge in [-0.2, -0.15) is 0 Å². The second kappa shape index (κ2) is 11.5. The summed E-state index contributed by atoms with van der Waals surface area (Å²) >= 11 is 0. The van der Waals surface area contributed by atoms with Crippen molar-refractivity contribution in [3.63, 3.8) is 0 Å². The first kappa shape index (κ1) is 25.1. The minimum atomic E-state index is -0.470. The lowest BCUT2D eigenvalue weighted by atomic mass is 9.97. The lowest BCUT2D eigenvalue weighted by molar-refractivity contribution is -0.143. The Morgan fingerprint density at radius 3 is 2.18 bits per heavy atom. The van der Waals surface area contributed by atoms with E-state index >= 15 is 0 Å². The number of carbonyl (C=O) groups excluding carboxylic acids is 3. The molecule has 8 nitrogen and oxygen atoms in total. The number of piperidine rings is 1. The molecule has 2 unspecified atom stereocenters. The molecule has 0 bridgehead atoms. The van der Waals surface area contributed by atoms with Gasteiger partial charge in [0.2, 0.25) is 0 Å². The lowest BCUT2D eigenvalue weighted by Crippen LogP contribution is -2.49. The van der Waals surface area contributed by atoms with Crippen LogP contribution < -0.4 is 14.8 Å². The summed E-state index contributed by atoms with van der Waals surface area (Å²) in [4.78, 5) is 38.4. The molecule has 1 heterocycles. The Bertz CT molecular complexity index is 1010. The van der Waals surface area contributed by atoms with Crippen LogP contribution in [-0.4, -0.2) is 55.1 Å². The van der Waals surface area contributed by atoms with Crippen molar-refractivity contribution in [1.29, 1.82) is 0 Å². The fourth-order valence-electron chi connectivity index (χ4n) is 4.10. The fourth-order valence-corrected chi connectivity index (χ4v) is 4.10. The van der Waals surface area contributed by atoms with Gasteiger partial charge in [-0.3, -0.25) is 9.59 Å². The largest absolute Gasteiger partial charge is 0.484 e. The molecule has 2 aromatic carbocycles. The van der Waals surface area contributed by atoms with E-state index in [1.165, 1.54) is 7.11 Å². The predicted octanol–water partition coefficient (Wildman–Crippen LogP) is 3.97. The summed E-state index contributed by atoms with van der Waals surface area (Å²) in [7, 11) is 1.30. The van der Waals surface area contributed by atoms with E-state index in [9.17, 15) is 14.4 Å². The van der Waals surface area contributed by atoms with Crippen LogP contribution in [0.5, 0.6) is 11.5 Å². The Balaban J connectivity index is 1.54. The molecule has 3 rings (SSSR count). The van der Waals surface area contributed by atoms with Crippen LogP contribution in [-0.2, 0) is 14.3 Å². The molecule has 1 fully saturated rings. The van der Waals surface area contributed by atoms with E-state index in [1.807, 2.05) is 11.8 Å². The highest BCUT2D eigenvalue weighted by molar-refractivity contribution is 6.04. The van der Waals surface area contributed by atoms with E-state index in [0.717, 1.165) is 24.8 Å². The van der Waals surface area contributed by atoms with Crippen LogP contribution in [0.15, 0.2) is 42.5 Å². The smallest absolute Gasteiger partial charge is 0.343 e. The number of ether oxygens (including phenoxy) is 3. The SMILES string of the molecule is COC(=O)COc1ccc(NC(=O)c2ccc(OCC(=O)N3C(C)CCCC3C)cc2)c(C)c1. The summed E-state index contributed by atoms with van der Waals surface area (Å²) in [5.74, 6) is 0.277. The predicted molar refractivity (Wildman–Crippen MR) is 128 cm³/mol. The van der Waals surface area contributed by atoms with E-state index in [-0.39, 0.29) is 37.1 Å². The zero-order valence-electron chi connectivity index (χ0n) is 20.1. The van der Waals surface area contributed by atoms with Gasteiger partial charge in [0.25, 0.3) is 11.8 Å². The number of methoxy groups -OCH3 is 1. The van der Waals surface area contributed by atoms with Gasteiger partial charge in [0.15, 0.2) is 13.2 Å².